The molecule has 0 amide bonds. The Morgan fingerprint density at radius 3 is 2.61 bits per heavy atom. The molecule has 0 saturated heterocycles. The van der Waals surface area contributed by atoms with Gasteiger partial charge in [-0.25, -0.2) is 8.78 Å². The molecule has 0 aliphatic heterocycles. The first-order chi connectivity index (χ1) is 8.66. The molecule has 0 atom stereocenters. The molecule has 0 aromatic heterocycles. The number of ketones is 1. The first kappa shape index (κ1) is 13.0. The van der Waals surface area contributed by atoms with Gasteiger partial charge in [-0.2, -0.15) is 0 Å². The lowest BCUT2D eigenvalue weighted by atomic mass is 9.86. The van der Waals surface area contributed by atoms with Gasteiger partial charge in [0.1, 0.15) is 12.4 Å². The van der Waals surface area contributed by atoms with E-state index < -0.39 is 11.6 Å². The molecule has 98 valence electrons. The Kier molecular flexibility index (Phi) is 4.28. The minimum Gasteiger partial charge on any atom is -0.483 e. The lowest BCUT2D eigenvalue weighted by Crippen LogP contribution is -2.23. The van der Waals surface area contributed by atoms with Crippen molar-refractivity contribution in [2.75, 3.05) is 6.61 Å². The summed E-state index contributed by atoms with van der Waals surface area (Å²) in [4.78, 5) is 11.8. The second-order valence-electron chi connectivity index (χ2n) is 4.66. The largest absolute Gasteiger partial charge is 0.483 e. The van der Waals surface area contributed by atoms with Crippen LogP contribution in [0.3, 0.4) is 0 Å². The number of carbonyl (C=O) groups is 1. The molecule has 18 heavy (non-hydrogen) atoms. The summed E-state index contributed by atoms with van der Waals surface area (Å²) in [5.74, 6) is -1.44. The minimum absolute atomic E-state index is 0.0124. The summed E-state index contributed by atoms with van der Waals surface area (Å²) in [5.41, 5.74) is 0. The van der Waals surface area contributed by atoms with E-state index in [4.69, 9.17) is 4.74 Å². The quantitative estimate of drug-likeness (QED) is 0.822. The molecule has 2 nitrogen and oxygen atoms in total. The van der Waals surface area contributed by atoms with Gasteiger partial charge < -0.3 is 4.74 Å². The summed E-state index contributed by atoms with van der Waals surface area (Å²) in [6.07, 6.45) is 5.11. The summed E-state index contributed by atoms with van der Waals surface area (Å²) < 4.78 is 31.1. The van der Waals surface area contributed by atoms with E-state index in [1.807, 2.05) is 0 Å². The second-order valence-corrected chi connectivity index (χ2v) is 4.66. The van der Waals surface area contributed by atoms with Crippen LogP contribution in [-0.2, 0) is 4.79 Å². The molecule has 0 unspecified atom stereocenters. The third-order valence-corrected chi connectivity index (χ3v) is 3.32. The van der Waals surface area contributed by atoms with Crippen molar-refractivity contribution in [2.24, 2.45) is 5.92 Å². The smallest absolute Gasteiger partial charge is 0.173 e. The van der Waals surface area contributed by atoms with Crippen LogP contribution in [0.4, 0.5) is 8.78 Å². The standard InChI is InChI=1S/C14H16F2O2/c15-11-6-7-14(12(16)8-11)18-9-13(17)10-4-2-1-3-5-10/h6-8,10H,1-5,9H2. The van der Waals surface area contributed by atoms with E-state index in [0.29, 0.717) is 0 Å². The Morgan fingerprint density at radius 2 is 1.94 bits per heavy atom. The number of rotatable bonds is 4. The lowest BCUT2D eigenvalue weighted by Gasteiger charge is -2.20. The van der Waals surface area contributed by atoms with E-state index in [1.165, 1.54) is 12.5 Å². The van der Waals surface area contributed by atoms with Gasteiger partial charge in [-0.05, 0) is 25.0 Å². The topological polar surface area (TPSA) is 26.3 Å². The van der Waals surface area contributed by atoms with Gasteiger partial charge in [0.05, 0.1) is 0 Å². The highest BCUT2D eigenvalue weighted by Gasteiger charge is 2.21. The fraction of sp³-hybridized carbons (Fsp3) is 0.500. The molecular formula is C14H16F2O2. The SMILES string of the molecule is O=C(COc1ccc(F)cc1F)C1CCCCC1. The van der Waals surface area contributed by atoms with Gasteiger partial charge in [-0.3, -0.25) is 4.79 Å². The molecule has 0 heterocycles. The van der Waals surface area contributed by atoms with Gasteiger partial charge in [0.25, 0.3) is 0 Å². The first-order valence-electron chi connectivity index (χ1n) is 6.27. The van der Waals surface area contributed by atoms with E-state index >= 15 is 0 Å². The minimum atomic E-state index is -0.772. The summed E-state index contributed by atoms with van der Waals surface area (Å²) in [6, 6.07) is 3.07. The van der Waals surface area contributed by atoms with Crippen LogP contribution < -0.4 is 4.74 Å². The Hall–Kier alpha value is -1.45. The van der Waals surface area contributed by atoms with Gasteiger partial charge >= 0.3 is 0 Å². The maximum atomic E-state index is 13.3. The summed E-state index contributed by atoms with van der Waals surface area (Å²) in [5, 5.41) is 0. The van der Waals surface area contributed by atoms with E-state index in [1.54, 1.807) is 0 Å². The molecule has 2 rings (SSSR count). The van der Waals surface area contributed by atoms with E-state index in [2.05, 4.69) is 0 Å². The number of ether oxygens (including phenoxy) is 1. The fourth-order valence-electron chi connectivity index (χ4n) is 2.28. The average Bonchev–Trinajstić information content (AvgIpc) is 2.38. The predicted molar refractivity (Wildman–Crippen MR) is 63.4 cm³/mol. The van der Waals surface area contributed by atoms with Gasteiger partial charge in [-0.1, -0.05) is 19.3 Å². The third kappa shape index (κ3) is 3.28. The second kappa shape index (κ2) is 5.94. The Bertz CT molecular complexity index is 426. The maximum Gasteiger partial charge on any atom is 0.173 e. The maximum absolute atomic E-state index is 13.3. The number of halogens is 2. The number of benzene rings is 1. The normalized spacial score (nSPS) is 16.6. The van der Waals surface area contributed by atoms with Crippen molar-refractivity contribution in [3.63, 3.8) is 0 Å². The van der Waals surface area contributed by atoms with E-state index in [-0.39, 0.29) is 24.1 Å². The third-order valence-electron chi connectivity index (χ3n) is 3.32. The van der Waals surface area contributed by atoms with Crippen LogP contribution in [0, 0.1) is 17.6 Å². The Morgan fingerprint density at radius 1 is 1.22 bits per heavy atom. The highest BCUT2D eigenvalue weighted by atomic mass is 19.1. The van der Waals surface area contributed by atoms with Crippen molar-refractivity contribution in [1.29, 1.82) is 0 Å². The molecule has 4 heteroatoms. The fourth-order valence-corrected chi connectivity index (χ4v) is 2.28. The predicted octanol–water partition coefficient (Wildman–Crippen LogP) is 3.49. The summed E-state index contributed by atoms with van der Waals surface area (Å²) >= 11 is 0. The van der Waals surface area contributed by atoms with Gasteiger partial charge in [0.15, 0.2) is 17.3 Å². The van der Waals surface area contributed by atoms with E-state index in [0.717, 1.165) is 37.8 Å². The molecule has 1 fully saturated rings. The van der Waals surface area contributed by atoms with Crippen molar-refractivity contribution in [2.45, 2.75) is 32.1 Å². The first-order valence-corrected chi connectivity index (χ1v) is 6.27. The molecule has 0 bridgehead atoms. The van der Waals surface area contributed by atoms with Crippen LogP contribution in [0.5, 0.6) is 5.75 Å². The monoisotopic (exact) mass is 254 g/mol. The van der Waals surface area contributed by atoms with Crippen LogP contribution in [0.25, 0.3) is 0 Å². The summed E-state index contributed by atoms with van der Waals surface area (Å²) in [7, 11) is 0. The zero-order valence-corrected chi connectivity index (χ0v) is 10.1. The van der Waals surface area contributed by atoms with Crippen molar-refractivity contribution >= 4 is 5.78 Å². The van der Waals surface area contributed by atoms with Crippen LogP contribution >= 0.6 is 0 Å². The molecular weight excluding hydrogens is 238 g/mol. The molecule has 1 aliphatic rings. The van der Waals surface area contributed by atoms with Crippen molar-refractivity contribution in [3.05, 3.63) is 29.8 Å². The molecule has 1 aromatic rings. The van der Waals surface area contributed by atoms with Crippen molar-refractivity contribution in [3.8, 4) is 5.75 Å². The Balaban J connectivity index is 1.88. The molecule has 1 saturated carbocycles. The average molecular weight is 254 g/mol. The number of Topliss-reactive ketones (excluding diaryl/α,β-unsaturated/α-hetero) is 1. The van der Waals surface area contributed by atoms with Crippen LogP contribution in [0.2, 0.25) is 0 Å². The van der Waals surface area contributed by atoms with Crippen LogP contribution in [0.1, 0.15) is 32.1 Å². The molecule has 0 radical (unpaired) electrons. The van der Waals surface area contributed by atoms with Crippen LogP contribution in [0.15, 0.2) is 18.2 Å². The van der Waals surface area contributed by atoms with Gasteiger partial charge in [0.2, 0.25) is 0 Å². The lowest BCUT2D eigenvalue weighted by molar-refractivity contribution is -0.125. The van der Waals surface area contributed by atoms with Gasteiger partial charge in [-0.15, -0.1) is 0 Å². The van der Waals surface area contributed by atoms with Crippen LogP contribution in [-0.4, -0.2) is 12.4 Å². The van der Waals surface area contributed by atoms with Crippen molar-refractivity contribution in [1.82, 2.24) is 0 Å². The molecule has 0 N–H and O–H groups in total. The highest BCUT2D eigenvalue weighted by molar-refractivity contribution is 5.82. The molecule has 0 spiro atoms. The van der Waals surface area contributed by atoms with Gasteiger partial charge in [0, 0.05) is 12.0 Å². The molecule has 1 aliphatic carbocycles. The zero-order chi connectivity index (χ0) is 13.0. The number of hydrogen-bond donors (Lipinski definition) is 0. The van der Waals surface area contributed by atoms with Crippen molar-refractivity contribution < 1.29 is 18.3 Å². The zero-order valence-electron chi connectivity index (χ0n) is 10.1. The Labute approximate surface area is 105 Å². The summed E-state index contributed by atoms with van der Waals surface area (Å²) in [6.45, 7) is -0.132. The molecule has 1 aromatic carbocycles. The number of carbonyl (C=O) groups excluding carboxylic acids is 1. The van der Waals surface area contributed by atoms with E-state index in [9.17, 15) is 13.6 Å². The highest BCUT2D eigenvalue weighted by Crippen LogP contribution is 2.25. The number of hydrogen-bond acceptors (Lipinski definition) is 2.